The molecule has 0 aliphatic rings. The van der Waals surface area contributed by atoms with Crippen molar-refractivity contribution in [2.24, 2.45) is 5.73 Å². The molecule has 0 fully saturated rings. The van der Waals surface area contributed by atoms with Crippen molar-refractivity contribution in [3.05, 3.63) is 66.4 Å². The third-order valence-electron chi connectivity index (χ3n) is 3.54. The van der Waals surface area contributed by atoms with E-state index >= 15 is 0 Å². The van der Waals surface area contributed by atoms with Gasteiger partial charge >= 0.3 is 0 Å². The van der Waals surface area contributed by atoms with Gasteiger partial charge in [-0.1, -0.05) is 24.3 Å². The molecule has 3 aromatic rings. The number of carbonyl (C=O) groups is 1. The second-order valence-corrected chi connectivity index (χ2v) is 4.99. The quantitative estimate of drug-likeness (QED) is 0.798. The van der Waals surface area contributed by atoms with Crippen LogP contribution in [0, 0.1) is 0 Å². The summed E-state index contributed by atoms with van der Waals surface area (Å²) in [6.45, 7) is 1.67. The average Bonchev–Trinajstić information content (AvgIpc) is 2.95. The Morgan fingerprint density at radius 3 is 2.62 bits per heavy atom. The number of furan rings is 1. The maximum atomic E-state index is 12.0. The van der Waals surface area contributed by atoms with Crippen molar-refractivity contribution >= 4 is 16.9 Å². The number of ether oxygens (including phenoxy) is 1. The first kappa shape index (κ1) is 13.2. The number of fused-ring (bicyclic) bond motifs is 1. The SMILES string of the molecule is CC(Oc1ccccc1)(C(N)=O)c1ccc2occc2c1. The van der Waals surface area contributed by atoms with E-state index in [1.165, 1.54) is 0 Å². The van der Waals surface area contributed by atoms with Crippen LogP contribution in [-0.2, 0) is 10.4 Å². The topological polar surface area (TPSA) is 65.5 Å². The number of rotatable bonds is 4. The van der Waals surface area contributed by atoms with E-state index in [1.54, 1.807) is 37.5 Å². The molecule has 1 amide bonds. The summed E-state index contributed by atoms with van der Waals surface area (Å²) in [5.41, 5.74) is 5.78. The van der Waals surface area contributed by atoms with E-state index in [-0.39, 0.29) is 0 Å². The zero-order chi connectivity index (χ0) is 14.9. The first-order valence-electron chi connectivity index (χ1n) is 6.61. The molecule has 4 nitrogen and oxygen atoms in total. The highest BCUT2D eigenvalue weighted by Gasteiger charge is 2.36. The molecule has 0 radical (unpaired) electrons. The number of benzene rings is 2. The smallest absolute Gasteiger partial charge is 0.266 e. The number of primary amides is 1. The van der Waals surface area contributed by atoms with Crippen LogP contribution in [0.15, 0.2) is 65.3 Å². The molecule has 0 bridgehead atoms. The third kappa shape index (κ3) is 2.36. The van der Waals surface area contributed by atoms with Crippen molar-refractivity contribution in [2.75, 3.05) is 0 Å². The predicted octanol–water partition coefficient (Wildman–Crippen LogP) is 3.21. The van der Waals surface area contributed by atoms with Gasteiger partial charge in [-0.3, -0.25) is 4.79 Å². The molecule has 4 heteroatoms. The Bertz CT molecular complexity index is 779. The van der Waals surface area contributed by atoms with Gasteiger partial charge in [-0.2, -0.15) is 0 Å². The average molecular weight is 281 g/mol. The van der Waals surface area contributed by atoms with Gasteiger partial charge in [0.1, 0.15) is 11.3 Å². The van der Waals surface area contributed by atoms with Crippen LogP contribution in [0.4, 0.5) is 0 Å². The fourth-order valence-electron chi connectivity index (χ4n) is 2.24. The molecular weight excluding hydrogens is 266 g/mol. The van der Waals surface area contributed by atoms with Gasteiger partial charge in [0.25, 0.3) is 5.91 Å². The second kappa shape index (κ2) is 4.98. The van der Waals surface area contributed by atoms with Crippen molar-refractivity contribution in [3.63, 3.8) is 0 Å². The summed E-state index contributed by atoms with van der Waals surface area (Å²) in [6.07, 6.45) is 1.61. The van der Waals surface area contributed by atoms with Gasteiger partial charge < -0.3 is 14.9 Å². The number of hydrogen-bond acceptors (Lipinski definition) is 3. The summed E-state index contributed by atoms with van der Waals surface area (Å²) < 4.78 is 11.2. The molecule has 106 valence electrons. The summed E-state index contributed by atoms with van der Waals surface area (Å²) in [4.78, 5) is 12.0. The number of amides is 1. The van der Waals surface area contributed by atoms with Crippen molar-refractivity contribution in [1.82, 2.24) is 0 Å². The zero-order valence-corrected chi connectivity index (χ0v) is 11.6. The Hall–Kier alpha value is -2.75. The molecule has 0 aliphatic carbocycles. The lowest BCUT2D eigenvalue weighted by Gasteiger charge is -2.28. The minimum atomic E-state index is -1.24. The van der Waals surface area contributed by atoms with E-state index < -0.39 is 11.5 Å². The van der Waals surface area contributed by atoms with Crippen molar-refractivity contribution in [2.45, 2.75) is 12.5 Å². The van der Waals surface area contributed by atoms with Crippen molar-refractivity contribution < 1.29 is 13.9 Å². The fourth-order valence-corrected chi connectivity index (χ4v) is 2.24. The number of carbonyl (C=O) groups excluding carboxylic acids is 1. The molecule has 0 saturated carbocycles. The van der Waals surface area contributed by atoms with E-state index in [0.29, 0.717) is 11.3 Å². The van der Waals surface area contributed by atoms with Gasteiger partial charge in [0, 0.05) is 10.9 Å². The number of para-hydroxylation sites is 1. The normalized spacial score (nSPS) is 13.8. The van der Waals surface area contributed by atoms with Crippen LogP contribution in [0.5, 0.6) is 5.75 Å². The summed E-state index contributed by atoms with van der Waals surface area (Å²) in [7, 11) is 0. The molecule has 0 saturated heterocycles. The number of nitrogens with two attached hydrogens (primary N) is 1. The molecular formula is C17H15NO3. The summed E-state index contributed by atoms with van der Waals surface area (Å²) in [5.74, 6) is 0.0419. The highest BCUT2D eigenvalue weighted by Crippen LogP contribution is 2.30. The monoisotopic (exact) mass is 281 g/mol. The Morgan fingerprint density at radius 1 is 1.14 bits per heavy atom. The molecule has 1 atom stereocenters. The van der Waals surface area contributed by atoms with Crippen LogP contribution in [-0.4, -0.2) is 5.91 Å². The predicted molar refractivity (Wildman–Crippen MR) is 79.8 cm³/mol. The maximum absolute atomic E-state index is 12.0. The Labute approximate surface area is 122 Å². The Balaban J connectivity index is 2.05. The van der Waals surface area contributed by atoms with Crippen LogP contribution in [0.2, 0.25) is 0 Å². The lowest BCUT2D eigenvalue weighted by atomic mass is 9.94. The van der Waals surface area contributed by atoms with E-state index in [4.69, 9.17) is 14.9 Å². The van der Waals surface area contributed by atoms with Crippen LogP contribution in [0.1, 0.15) is 12.5 Å². The van der Waals surface area contributed by atoms with Gasteiger partial charge in [0.15, 0.2) is 0 Å². The summed E-state index contributed by atoms with van der Waals surface area (Å²) in [6, 6.07) is 16.4. The summed E-state index contributed by atoms with van der Waals surface area (Å²) >= 11 is 0. The highest BCUT2D eigenvalue weighted by atomic mass is 16.5. The van der Waals surface area contributed by atoms with Gasteiger partial charge in [-0.05, 0) is 37.3 Å². The van der Waals surface area contributed by atoms with Crippen LogP contribution in [0.25, 0.3) is 11.0 Å². The van der Waals surface area contributed by atoms with Crippen molar-refractivity contribution in [1.29, 1.82) is 0 Å². The van der Waals surface area contributed by atoms with Crippen LogP contribution >= 0.6 is 0 Å². The van der Waals surface area contributed by atoms with E-state index in [0.717, 1.165) is 11.0 Å². The fraction of sp³-hybridized carbons (Fsp3) is 0.118. The Morgan fingerprint density at radius 2 is 1.90 bits per heavy atom. The minimum Gasteiger partial charge on any atom is -0.473 e. The van der Waals surface area contributed by atoms with E-state index in [9.17, 15) is 4.79 Å². The number of hydrogen-bond donors (Lipinski definition) is 1. The molecule has 1 aromatic heterocycles. The standard InChI is InChI=1S/C17H15NO3/c1-17(16(18)19,21-14-5-3-2-4-6-14)13-7-8-15-12(11-13)9-10-20-15/h2-11H,1H3,(H2,18,19). The van der Waals surface area contributed by atoms with Gasteiger partial charge in [-0.25, -0.2) is 0 Å². The molecule has 3 rings (SSSR count). The molecule has 1 heterocycles. The van der Waals surface area contributed by atoms with Gasteiger partial charge in [0.05, 0.1) is 6.26 Å². The molecule has 0 aliphatic heterocycles. The van der Waals surface area contributed by atoms with Gasteiger partial charge in [0.2, 0.25) is 5.60 Å². The second-order valence-electron chi connectivity index (χ2n) is 4.99. The maximum Gasteiger partial charge on any atom is 0.266 e. The minimum absolute atomic E-state index is 0.547. The van der Waals surface area contributed by atoms with E-state index in [1.807, 2.05) is 30.3 Å². The first-order chi connectivity index (χ1) is 10.1. The zero-order valence-electron chi connectivity index (χ0n) is 11.6. The molecule has 1 unspecified atom stereocenters. The lowest BCUT2D eigenvalue weighted by molar-refractivity contribution is -0.132. The third-order valence-corrected chi connectivity index (χ3v) is 3.54. The molecule has 2 aromatic carbocycles. The van der Waals surface area contributed by atoms with E-state index in [2.05, 4.69) is 0 Å². The summed E-state index contributed by atoms with van der Waals surface area (Å²) in [5, 5.41) is 0.900. The first-order valence-corrected chi connectivity index (χ1v) is 6.61. The van der Waals surface area contributed by atoms with Crippen LogP contribution < -0.4 is 10.5 Å². The largest absolute Gasteiger partial charge is 0.473 e. The molecule has 2 N–H and O–H groups in total. The molecule has 21 heavy (non-hydrogen) atoms. The van der Waals surface area contributed by atoms with Crippen molar-refractivity contribution in [3.8, 4) is 5.75 Å². The lowest BCUT2D eigenvalue weighted by Crippen LogP contribution is -2.43. The van der Waals surface area contributed by atoms with Gasteiger partial charge in [-0.15, -0.1) is 0 Å². The highest BCUT2D eigenvalue weighted by molar-refractivity contribution is 5.87. The van der Waals surface area contributed by atoms with Crippen LogP contribution in [0.3, 0.4) is 0 Å². The molecule has 0 spiro atoms. The Kier molecular flexibility index (Phi) is 3.14.